The van der Waals surface area contributed by atoms with Crippen LogP contribution in [-0.2, 0) is 6.54 Å². The van der Waals surface area contributed by atoms with Crippen molar-refractivity contribution in [2.75, 3.05) is 26.7 Å². The Morgan fingerprint density at radius 3 is 2.90 bits per heavy atom. The van der Waals surface area contributed by atoms with E-state index in [0.29, 0.717) is 11.8 Å². The first kappa shape index (κ1) is 16.1. The average Bonchev–Trinajstić information content (AvgIpc) is 2.50. The molecule has 0 aromatic heterocycles. The summed E-state index contributed by atoms with van der Waals surface area (Å²) in [6.45, 7) is 6.47. The minimum Gasteiger partial charge on any atom is -0.504 e. The SMILES string of the molecule is CCCN(Cc1ccc(O)c(OC)c1)CC1CCCCN1. The molecule has 118 valence electrons. The van der Waals surface area contributed by atoms with Crippen molar-refractivity contribution >= 4 is 0 Å². The van der Waals surface area contributed by atoms with E-state index in [-0.39, 0.29) is 5.75 Å². The van der Waals surface area contributed by atoms with Crippen LogP contribution in [-0.4, -0.2) is 42.8 Å². The predicted octanol–water partition coefficient (Wildman–Crippen LogP) is 2.75. The molecule has 1 atom stereocenters. The fourth-order valence-corrected chi connectivity index (χ4v) is 3.02. The topological polar surface area (TPSA) is 44.7 Å². The maximum Gasteiger partial charge on any atom is 0.160 e. The molecular weight excluding hydrogens is 264 g/mol. The van der Waals surface area contributed by atoms with E-state index in [0.717, 1.165) is 32.6 Å². The Morgan fingerprint density at radius 1 is 1.38 bits per heavy atom. The van der Waals surface area contributed by atoms with E-state index >= 15 is 0 Å². The number of aromatic hydroxyl groups is 1. The summed E-state index contributed by atoms with van der Waals surface area (Å²) >= 11 is 0. The molecule has 1 aromatic carbocycles. The van der Waals surface area contributed by atoms with E-state index in [1.54, 1.807) is 13.2 Å². The lowest BCUT2D eigenvalue weighted by molar-refractivity contribution is 0.217. The van der Waals surface area contributed by atoms with Gasteiger partial charge >= 0.3 is 0 Å². The standard InChI is InChI=1S/C17H28N2O2/c1-3-10-19(13-15-6-4-5-9-18-15)12-14-7-8-16(20)17(11-14)21-2/h7-8,11,15,18,20H,3-6,9-10,12-13H2,1-2H3. The molecule has 1 unspecified atom stereocenters. The molecule has 4 nitrogen and oxygen atoms in total. The molecular formula is C17H28N2O2. The molecule has 4 heteroatoms. The summed E-state index contributed by atoms with van der Waals surface area (Å²) in [7, 11) is 1.59. The van der Waals surface area contributed by atoms with Gasteiger partial charge in [0, 0.05) is 19.1 Å². The van der Waals surface area contributed by atoms with Crippen LogP contribution in [0, 0.1) is 0 Å². The molecule has 0 aliphatic carbocycles. The maximum absolute atomic E-state index is 9.68. The summed E-state index contributed by atoms with van der Waals surface area (Å²) in [5.74, 6) is 0.761. The van der Waals surface area contributed by atoms with Crippen LogP contribution in [0.15, 0.2) is 18.2 Å². The first-order chi connectivity index (χ1) is 10.2. The number of nitrogens with zero attached hydrogens (tertiary/aromatic N) is 1. The molecule has 1 saturated heterocycles. The van der Waals surface area contributed by atoms with Crippen molar-refractivity contribution in [3.63, 3.8) is 0 Å². The van der Waals surface area contributed by atoms with Crippen molar-refractivity contribution < 1.29 is 9.84 Å². The van der Waals surface area contributed by atoms with Crippen molar-refractivity contribution in [2.24, 2.45) is 0 Å². The normalized spacial score (nSPS) is 18.9. The van der Waals surface area contributed by atoms with E-state index in [2.05, 4.69) is 17.1 Å². The van der Waals surface area contributed by atoms with Crippen molar-refractivity contribution in [1.29, 1.82) is 0 Å². The molecule has 21 heavy (non-hydrogen) atoms. The van der Waals surface area contributed by atoms with Gasteiger partial charge in [0.25, 0.3) is 0 Å². The summed E-state index contributed by atoms with van der Waals surface area (Å²) < 4.78 is 5.20. The highest BCUT2D eigenvalue weighted by molar-refractivity contribution is 5.41. The van der Waals surface area contributed by atoms with Gasteiger partial charge < -0.3 is 15.2 Å². The highest BCUT2D eigenvalue weighted by atomic mass is 16.5. The van der Waals surface area contributed by atoms with Crippen LogP contribution in [0.1, 0.15) is 38.2 Å². The smallest absolute Gasteiger partial charge is 0.160 e. The highest BCUT2D eigenvalue weighted by Crippen LogP contribution is 2.27. The number of piperidine rings is 1. The summed E-state index contributed by atoms with van der Waals surface area (Å²) in [6, 6.07) is 6.25. The zero-order valence-corrected chi connectivity index (χ0v) is 13.3. The summed E-state index contributed by atoms with van der Waals surface area (Å²) in [5.41, 5.74) is 1.19. The second-order valence-electron chi connectivity index (χ2n) is 5.89. The number of methoxy groups -OCH3 is 1. The maximum atomic E-state index is 9.68. The van der Waals surface area contributed by atoms with Gasteiger partial charge in [-0.25, -0.2) is 0 Å². The highest BCUT2D eigenvalue weighted by Gasteiger charge is 2.16. The Balaban J connectivity index is 1.97. The van der Waals surface area contributed by atoms with Gasteiger partial charge in [-0.2, -0.15) is 0 Å². The summed E-state index contributed by atoms with van der Waals surface area (Å²) in [4.78, 5) is 2.49. The van der Waals surface area contributed by atoms with E-state index in [1.165, 1.54) is 24.8 Å². The number of nitrogens with one attached hydrogen (secondary N) is 1. The van der Waals surface area contributed by atoms with Gasteiger partial charge in [-0.3, -0.25) is 4.90 Å². The molecule has 1 fully saturated rings. The van der Waals surface area contributed by atoms with Crippen LogP contribution >= 0.6 is 0 Å². The largest absolute Gasteiger partial charge is 0.504 e. The number of hydrogen-bond acceptors (Lipinski definition) is 4. The van der Waals surface area contributed by atoms with Gasteiger partial charge in [0.15, 0.2) is 11.5 Å². The third-order valence-electron chi connectivity index (χ3n) is 4.08. The third kappa shape index (κ3) is 4.90. The van der Waals surface area contributed by atoms with E-state index in [4.69, 9.17) is 4.74 Å². The number of rotatable bonds is 7. The predicted molar refractivity (Wildman–Crippen MR) is 85.9 cm³/mol. The average molecular weight is 292 g/mol. The minimum atomic E-state index is 0.206. The van der Waals surface area contributed by atoms with E-state index < -0.39 is 0 Å². The molecule has 1 aliphatic heterocycles. The lowest BCUT2D eigenvalue weighted by Gasteiger charge is -2.30. The molecule has 1 aromatic rings. The molecule has 0 amide bonds. The zero-order valence-electron chi connectivity index (χ0n) is 13.3. The molecule has 2 rings (SSSR count). The summed E-state index contributed by atoms with van der Waals surface area (Å²) in [5, 5.41) is 13.3. The van der Waals surface area contributed by atoms with Gasteiger partial charge in [-0.05, 0) is 50.0 Å². The Hall–Kier alpha value is -1.26. The second-order valence-corrected chi connectivity index (χ2v) is 5.89. The number of hydrogen-bond donors (Lipinski definition) is 2. The number of ether oxygens (including phenoxy) is 1. The van der Waals surface area contributed by atoms with Crippen molar-refractivity contribution in [3.05, 3.63) is 23.8 Å². The van der Waals surface area contributed by atoms with Crippen LogP contribution < -0.4 is 10.1 Å². The Kier molecular flexibility index (Phi) is 6.33. The lowest BCUT2D eigenvalue weighted by Crippen LogP contribution is -2.43. The van der Waals surface area contributed by atoms with Crippen LogP contribution in [0.3, 0.4) is 0 Å². The van der Waals surface area contributed by atoms with Crippen LogP contribution in [0.4, 0.5) is 0 Å². The monoisotopic (exact) mass is 292 g/mol. The van der Waals surface area contributed by atoms with Crippen molar-refractivity contribution in [3.8, 4) is 11.5 Å². The molecule has 2 N–H and O–H groups in total. The molecule has 0 radical (unpaired) electrons. The van der Waals surface area contributed by atoms with Gasteiger partial charge in [0.2, 0.25) is 0 Å². The third-order valence-corrected chi connectivity index (χ3v) is 4.08. The number of phenols is 1. The van der Waals surface area contributed by atoms with Crippen LogP contribution in [0.25, 0.3) is 0 Å². The van der Waals surface area contributed by atoms with Gasteiger partial charge in [0.05, 0.1) is 7.11 Å². The minimum absolute atomic E-state index is 0.206. The molecule has 1 aliphatic rings. The van der Waals surface area contributed by atoms with Crippen molar-refractivity contribution in [1.82, 2.24) is 10.2 Å². The number of benzene rings is 1. The second kappa shape index (κ2) is 8.25. The Labute approximate surface area is 128 Å². The Morgan fingerprint density at radius 2 is 2.24 bits per heavy atom. The molecule has 0 saturated carbocycles. The van der Waals surface area contributed by atoms with Gasteiger partial charge in [0.1, 0.15) is 0 Å². The quantitative estimate of drug-likeness (QED) is 0.811. The number of phenolic OH excluding ortho intramolecular Hbond substituents is 1. The first-order valence-electron chi connectivity index (χ1n) is 8.04. The van der Waals surface area contributed by atoms with Crippen LogP contribution in [0.5, 0.6) is 11.5 Å². The summed E-state index contributed by atoms with van der Waals surface area (Å²) in [6.07, 6.45) is 5.07. The van der Waals surface area contributed by atoms with Gasteiger partial charge in [-0.1, -0.05) is 19.4 Å². The fourth-order valence-electron chi connectivity index (χ4n) is 3.02. The van der Waals surface area contributed by atoms with E-state index in [9.17, 15) is 5.11 Å². The molecule has 0 spiro atoms. The zero-order chi connectivity index (χ0) is 15.1. The fraction of sp³-hybridized carbons (Fsp3) is 0.647. The lowest BCUT2D eigenvalue weighted by atomic mass is 10.0. The molecule has 1 heterocycles. The first-order valence-corrected chi connectivity index (χ1v) is 8.04. The van der Waals surface area contributed by atoms with Crippen LogP contribution in [0.2, 0.25) is 0 Å². The van der Waals surface area contributed by atoms with E-state index in [1.807, 2.05) is 12.1 Å². The Bertz CT molecular complexity index is 431. The molecule has 0 bridgehead atoms. The van der Waals surface area contributed by atoms with Crippen molar-refractivity contribution in [2.45, 2.75) is 45.2 Å². The van der Waals surface area contributed by atoms with Gasteiger partial charge in [-0.15, -0.1) is 0 Å².